The maximum Gasteiger partial charge on any atom is 0.241 e. The van der Waals surface area contributed by atoms with Gasteiger partial charge in [-0.3, -0.25) is 10.1 Å². The molecule has 1 aromatic heterocycles. The molecule has 0 aromatic carbocycles. The van der Waals surface area contributed by atoms with E-state index in [4.69, 9.17) is 4.74 Å². The maximum absolute atomic E-state index is 12.4. The molecule has 5 heteroatoms. The van der Waals surface area contributed by atoms with Gasteiger partial charge < -0.3 is 9.64 Å². The molecular formula is C14H22N2O2S. The molecule has 2 unspecified atom stereocenters. The Labute approximate surface area is 118 Å². The lowest BCUT2D eigenvalue weighted by Gasteiger charge is -2.32. The topological polar surface area (TPSA) is 41.6 Å². The van der Waals surface area contributed by atoms with Gasteiger partial charge in [0.1, 0.15) is 6.17 Å². The Morgan fingerprint density at radius 1 is 1.53 bits per heavy atom. The molecule has 0 saturated carbocycles. The van der Waals surface area contributed by atoms with Crippen molar-refractivity contribution in [1.29, 1.82) is 0 Å². The van der Waals surface area contributed by atoms with Gasteiger partial charge in [0, 0.05) is 7.11 Å². The molecule has 1 aliphatic heterocycles. The van der Waals surface area contributed by atoms with Crippen LogP contribution in [-0.4, -0.2) is 36.1 Å². The van der Waals surface area contributed by atoms with Crippen molar-refractivity contribution in [3.05, 3.63) is 22.4 Å². The summed E-state index contributed by atoms with van der Waals surface area (Å²) in [5.74, 6) is 0.170. The number of amides is 1. The van der Waals surface area contributed by atoms with Gasteiger partial charge in [-0.15, -0.1) is 0 Å². The highest BCUT2D eigenvalue weighted by Gasteiger charge is 2.41. The van der Waals surface area contributed by atoms with Crippen LogP contribution < -0.4 is 5.32 Å². The van der Waals surface area contributed by atoms with Gasteiger partial charge in [-0.1, -0.05) is 6.92 Å². The van der Waals surface area contributed by atoms with Gasteiger partial charge in [0.25, 0.3) is 0 Å². The number of thiophene rings is 1. The fraction of sp³-hybridized carbons (Fsp3) is 0.643. The maximum atomic E-state index is 12.4. The molecule has 106 valence electrons. The summed E-state index contributed by atoms with van der Waals surface area (Å²) < 4.78 is 5.46. The standard InChI is InChI=1S/C14H22N2O2S/c1-5-11-13(17)16(9-14(2,3)18-4)12(15-11)10-6-7-19-8-10/h6-8,11-12,15H,5,9H2,1-4H3. The van der Waals surface area contributed by atoms with Crippen molar-refractivity contribution in [2.24, 2.45) is 0 Å². The fourth-order valence-electron chi connectivity index (χ4n) is 2.32. The first-order chi connectivity index (χ1) is 8.98. The highest BCUT2D eigenvalue weighted by Crippen LogP contribution is 2.29. The molecule has 2 heterocycles. The molecule has 1 fully saturated rings. The summed E-state index contributed by atoms with van der Waals surface area (Å²) in [5.41, 5.74) is 0.815. The predicted molar refractivity (Wildman–Crippen MR) is 77.1 cm³/mol. The quantitative estimate of drug-likeness (QED) is 0.901. The fourth-order valence-corrected chi connectivity index (χ4v) is 3.00. The third kappa shape index (κ3) is 2.99. The Morgan fingerprint density at radius 2 is 2.26 bits per heavy atom. The van der Waals surface area contributed by atoms with E-state index in [0.717, 1.165) is 12.0 Å². The van der Waals surface area contributed by atoms with E-state index >= 15 is 0 Å². The highest BCUT2D eigenvalue weighted by atomic mass is 32.1. The van der Waals surface area contributed by atoms with Crippen molar-refractivity contribution in [3.8, 4) is 0 Å². The molecule has 2 rings (SSSR count). The second-order valence-corrected chi connectivity index (χ2v) is 6.30. The summed E-state index contributed by atoms with van der Waals surface area (Å²) in [6.07, 6.45) is 0.779. The zero-order valence-corrected chi connectivity index (χ0v) is 12.8. The van der Waals surface area contributed by atoms with Crippen LogP contribution in [0, 0.1) is 0 Å². The molecule has 0 aliphatic carbocycles. The van der Waals surface area contributed by atoms with E-state index in [1.807, 2.05) is 31.1 Å². The second-order valence-electron chi connectivity index (χ2n) is 5.52. The summed E-state index contributed by atoms with van der Waals surface area (Å²) in [6.45, 7) is 6.63. The lowest BCUT2D eigenvalue weighted by molar-refractivity contribution is -0.133. The zero-order valence-electron chi connectivity index (χ0n) is 12.0. The first kappa shape index (κ1) is 14.5. The van der Waals surface area contributed by atoms with E-state index < -0.39 is 0 Å². The summed E-state index contributed by atoms with van der Waals surface area (Å²) in [4.78, 5) is 14.3. The molecule has 0 radical (unpaired) electrons. The number of nitrogens with zero attached hydrogens (tertiary/aromatic N) is 1. The summed E-state index contributed by atoms with van der Waals surface area (Å²) in [6, 6.07) is 1.98. The van der Waals surface area contributed by atoms with E-state index in [1.165, 1.54) is 0 Å². The number of methoxy groups -OCH3 is 1. The molecule has 4 nitrogen and oxygen atoms in total. The van der Waals surface area contributed by atoms with Crippen molar-refractivity contribution in [2.45, 2.75) is 45.0 Å². The van der Waals surface area contributed by atoms with E-state index in [2.05, 4.69) is 16.8 Å². The third-order valence-electron chi connectivity index (χ3n) is 3.62. The number of nitrogens with one attached hydrogen (secondary N) is 1. The lowest BCUT2D eigenvalue weighted by Crippen LogP contribution is -2.43. The minimum atomic E-state index is -0.339. The van der Waals surface area contributed by atoms with E-state index in [9.17, 15) is 4.79 Å². The second kappa shape index (κ2) is 5.61. The molecule has 19 heavy (non-hydrogen) atoms. The van der Waals surface area contributed by atoms with Gasteiger partial charge in [0.05, 0.1) is 18.2 Å². The highest BCUT2D eigenvalue weighted by molar-refractivity contribution is 7.07. The molecule has 1 aromatic rings. The van der Waals surface area contributed by atoms with E-state index in [-0.39, 0.29) is 23.7 Å². The number of ether oxygens (including phenoxy) is 1. The Morgan fingerprint density at radius 3 is 2.79 bits per heavy atom. The molecule has 1 aliphatic rings. The van der Waals surface area contributed by atoms with E-state index in [1.54, 1.807) is 18.4 Å². The van der Waals surface area contributed by atoms with Crippen LogP contribution in [-0.2, 0) is 9.53 Å². The van der Waals surface area contributed by atoms with Crippen molar-refractivity contribution < 1.29 is 9.53 Å². The number of carbonyl (C=O) groups excluding carboxylic acids is 1. The van der Waals surface area contributed by atoms with Crippen molar-refractivity contribution in [1.82, 2.24) is 10.2 Å². The lowest BCUT2D eigenvalue weighted by atomic mass is 10.1. The monoisotopic (exact) mass is 282 g/mol. The normalized spacial score (nSPS) is 24.2. The van der Waals surface area contributed by atoms with Crippen LogP contribution in [0.2, 0.25) is 0 Å². The van der Waals surface area contributed by atoms with Crippen molar-refractivity contribution >= 4 is 17.2 Å². The van der Waals surface area contributed by atoms with Crippen molar-refractivity contribution in [3.63, 3.8) is 0 Å². The molecule has 0 bridgehead atoms. The Kier molecular flexibility index (Phi) is 4.28. The molecule has 1 saturated heterocycles. The molecule has 2 atom stereocenters. The number of carbonyl (C=O) groups is 1. The van der Waals surface area contributed by atoms with Gasteiger partial charge in [-0.25, -0.2) is 0 Å². The Balaban J connectivity index is 2.23. The van der Waals surface area contributed by atoms with Gasteiger partial charge in [0.2, 0.25) is 5.91 Å². The Hall–Kier alpha value is -0.910. The zero-order chi connectivity index (χ0) is 14.0. The first-order valence-electron chi connectivity index (χ1n) is 6.62. The van der Waals surface area contributed by atoms with Crippen LogP contribution in [0.3, 0.4) is 0 Å². The largest absolute Gasteiger partial charge is 0.377 e. The summed E-state index contributed by atoms with van der Waals surface area (Å²) in [7, 11) is 1.69. The molecule has 1 amide bonds. The minimum Gasteiger partial charge on any atom is -0.377 e. The third-order valence-corrected chi connectivity index (χ3v) is 4.32. The van der Waals surface area contributed by atoms with E-state index in [0.29, 0.717) is 6.54 Å². The van der Waals surface area contributed by atoms with Crippen molar-refractivity contribution in [2.75, 3.05) is 13.7 Å². The predicted octanol–water partition coefficient (Wildman–Crippen LogP) is 2.38. The average Bonchev–Trinajstić information content (AvgIpc) is 2.99. The van der Waals surface area contributed by atoms with Crippen LogP contribution in [0.1, 0.15) is 38.9 Å². The molecule has 1 N–H and O–H groups in total. The number of rotatable bonds is 5. The van der Waals surface area contributed by atoms with Gasteiger partial charge in [-0.2, -0.15) is 11.3 Å². The van der Waals surface area contributed by atoms with Gasteiger partial charge in [0.15, 0.2) is 0 Å². The first-order valence-corrected chi connectivity index (χ1v) is 7.56. The average molecular weight is 282 g/mol. The van der Waals surface area contributed by atoms with Crippen LogP contribution in [0.15, 0.2) is 16.8 Å². The van der Waals surface area contributed by atoms with Gasteiger partial charge >= 0.3 is 0 Å². The van der Waals surface area contributed by atoms with Crippen LogP contribution in [0.25, 0.3) is 0 Å². The number of hydrogen-bond acceptors (Lipinski definition) is 4. The minimum absolute atomic E-state index is 0.0295. The summed E-state index contributed by atoms with van der Waals surface area (Å²) >= 11 is 1.65. The van der Waals surface area contributed by atoms with Crippen LogP contribution in [0.4, 0.5) is 0 Å². The SMILES string of the molecule is CCC1NC(c2ccsc2)N(CC(C)(C)OC)C1=O. The molecule has 0 spiro atoms. The molecular weight excluding hydrogens is 260 g/mol. The summed E-state index contributed by atoms with van der Waals surface area (Å²) in [5, 5.41) is 7.55. The Bertz CT molecular complexity index is 431. The van der Waals surface area contributed by atoms with Crippen LogP contribution >= 0.6 is 11.3 Å². The van der Waals surface area contributed by atoms with Gasteiger partial charge in [-0.05, 0) is 42.7 Å². The number of hydrogen-bond donors (Lipinski definition) is 1. The van der Waals surface area contributed by atoms with Crippen LogP contribution in [0.5, 0.6) is 0 Å². The smallest absolute Gasteiger partial charge is 0.241 e.